The minimum absolute atomic E-state index is 0.0532. The first-order valence-electron chi connectivity index (χ1n) is 7.90. The van der Waals surface area contributed by atoms with Gasteiger partial charge in [-0.05, 0) is 43.7 Å². The van der Waals surface area contributed by atoms with E-state index in [9.17, 15) is 9.59 Å². The first kappa shape index (κ1) is 18.8. The highest BCUT2D eigenvalue weighted by molar-refractivity contribution is 6.33. The molecule has 1 amide bonds. The van der Waals surface area contributed by atoms with Crippen molar-refractivity contribution in [1.82, 2.24) is 0 Å². The lowest BCUT2D eigenvalue weighted by atomic mass is 10.2. The number of anilines is 1. The molecule has 1 N–H and O–H groups in total. The monoisotopic (exact) mass is 361 g/mol. The third-order valence-electron chi connectivity index (χ3n) is 3.37. The van der Waals surface area contributed by atoms with Gasteiger partial charge in [-0.3, -0.25) is 9.59 Å². The van der Waals surface area contributed by atoms with E-state index in [-0.39, 0.29) is 13.0 Å². The van der Waals surface area contributed by atoms with Gasteiger partial charge in [0.2, 0.25) is 0 Å². The first-order chi connectivity index (χ1) is 12.0. The number of amides is 1. The second-order valence-corrected chi connectivity index (χ2v) is 5.92. The maximum absolute atomic E-state index is 12.1. The summed E-state index contributed by atoms with van der Waals surface area (Å²) in [6.07, 6.45) is -0.875. The van der Waals surface area contributed by atoms with Crippen molar-refractivity contribution in [3.8, 4) is 5.75 Å². The van der Waals surface area contributed by atoms with Crippen LogP contribution in [0.15, 0.2) is 48.5 Å². The zero-order valence-corrected chi connectivity index (χ0v) is 14.9. The number of hydrogen-bond donors (Lipinski definition) is 1. The molecule has 0 unspecified atom stereocenters. The van der Waals surface area contributed by atoms with Gasteiger partial charge in [0, 0.05) is 0 Å². The molecule has 0 aliphatic heterocycles. The number of ether oxygens (including phenoxy) is 2. The van der Waals surface area contributed by atoms with Crippen LogP contribution in [0.2, 0.25) is 5.02 Å². The summed E-state index contributed by atoms with van der Waals surface area (Å²) in [7, 11) is 0. The highest BCUT2D eigenvalue weighted by atomic mass is 35.5. The molecule has 2 aromatic rings. The summed E-state index contributed by atoms with van der Waals surface area (Å²) in [5, 5.41) is 3.04. The van der Waals surface area contributed by atoms with E-state index >= 15 is 0 Å². The number of esters is 1. The zero-order valence-electron chi connectivity index (χ0n) is 14.1. The SMILES string of the molecule is Cc1cccc(OCCC(=O)O[C@@H](C)C(=O)Nc2ccccc2Cl)c1. The average Bonchev–Trinajstić information content (AvgIpc) is 2.57. The molecule has 132 valence electrons. The van der Waals surface area contributed by atoms with Gasteiger partial charge in [0.1, 0.15) is 5.75 Å². The van der Waals surface area contributed by atoms with Crippen LogP contribution in [0.3, 0.4) is 0 Å². The number of carbonyl (C=O) groups is 2. The van der Waals surface area contributed by atoms with Crippen LogP contribution >= 0.6 is 11.6 Å². The lowest BCUT2D eigenvalue weighted by Gasteiger charge is -2.14. The standard InChI is InChI=1S/C19H20ClNO4/c1-13-6-5-7-15(12-13)24-11-10-18(22)25-14(2)19(23)21-17-9-4-3-8-16(17)20/h3-9,12,14H,10-11H2,1-2H3,(H,21,23)/t14-/m0/s1. The van der Waals surface area contributed by atoms with E-state index in [0.717, 1.165) is 5.56 Å². The van der Waals surface area contributed by atoms with Crippen LogP contribution in [0.4, 0.5) is 5.69 Å². The van der Waals surface area contributed by atoms with E-state index in [1.54, 1.807) is 24.3 Å². The van der Waals surface area contributed by atoms with Crippen molar-refractivity contribution < 1.29 is 19.1 Å². The number of benzene rings is 2. The van der Waals surface area contributed by atoms with Gasteiger partial charge in [-0.1, -0.05) is 35.9 Å². The Labute approximate surface area is 151 Å². The number of nitrogens with one attached hydrogen (secondary N) is 1. The molecular weight excluding hydrogens is 342 g/mol. The maximum Gasteiger partial charge on any atom is 0.310 e. The van der Waals surface area contributed by atoms with Crippen molar-refractivity contribution in [2.24, 2.45) is 0 Å². The quantitative estimate of drug-likeness (QED) is 0.757. The van der Waals surface area contributed by atoms with E-state index in [4.69, 9.17) is 21.1 Å². The van der Waals surface area contributed by atoms with Crippen molar-refractivity contribution in [1.29, 1.82) is 0 Å². The van der Waals surface area contributed by atoms with Crippen LogP contribution in [-0.4, -0.2) is 24.6 Å². The number of rotatable bonds is 7. The molecule has 25 heavy (non-hydrogen) atoms. The minimum atomic E-state index is -0.928. The number of hydrogen-bond acceptors (Lipinski definition) is 4. The van der Waals surface area contributed by atoms with Crippen LogP contribution in [0.5, 0.6) is 5.75 Å². The fourth-order valence-corrected chi connectivity index (χ4v) is 2.25. The zero-order chi connectivity index (χ0) is 18.2. The van der Waals surface area contributed by atoms with Crippen molar-refractivity contribution in [2.45, 2.75) is 26.4 Å². The first-order valence-corrected chi connectivity index (χ1v) is 8.28. The fourth-order valence-electron chi connectivity index (χ4n) is 2.06. The van der Waals surface area contributed by atoms with E-state index in [1.807, 2.05) is 31.2 Å². The predicted octanol–water partition coefficient (Wildman–Crippen LogP) is 3.99. The molecule has 0 saturated heterocycles. The molecule has 0 spiro atoms. The summed E-state index contributed by atoms with van der Waals surface area (Å²) in [5.74, 6) is -0.257. The van der Waals surface area contributed by atoms with E-state index < -0.39 is 18.0 Å². The number of halogens is 1. The second-order valence-electron chi connectivity index (χ2n) is 5.52. The molecule has 0 saturated carbocycles. The number of carbonyl (C=O) groups excluding carboxylic acids is 2. The molecule has 6 heteroatoms. The molecule has 2 aromatic carbocycles. The summed E-state index contributed by atoms with van der Waals surface area (Å²) >= 11 is 5.98. The van der Waals surface area contributed by atoms with Crippen LogP contribution in [0.1, 0.15) is 18.9 Å². The van der Waals surface area contributed by atoms with Gasteiger partial charge in [-0.2, -0.15) is 0 Å². The van der Waals surface area contributed by atoms with Gasteiger partial charge in [-0.25, -0.2) is 0 Å². The fraction of sp³-hybridized carbons (Fsp3) is 0.263. The Hall–Kier alpha value is -2.53. The largest absolute Gasteiger partial charge is 0.493 e. The molecule has 5 nitrogen and oxygen atoms in total. The van der Waals surface area contributed by atoms with Crippen LogP contribution in [0.25, 0.3) is 0 Å². The van der Waals surface area contributed by atoms with Gasteiger partial charge in [0.15, 0.2) is 6.10 Å². The molecule has 2 rings (SSSR count). The normalized spacial score (nSPS) is 11.5. The molecular formula is C19H20ClNO4. The lowest BCUT2D eigenvalue weighted by molar-refractivity contribution is -0.153. The highest BCUT2D eigenvalue weighted by Gasteiger charge is 2.18. The smallest absolute Gasteiger partial charge is 0.310 e. The van der Waals surface area contributed by atoms with Crippen LogP contribution in [-0.2, 0) is 14.3 Å². The molecule has 0 aliphatic rings. The summed E-state index contributed by atoms with van der Waals surface area (Å²) < 4.78 is 10.6. The maximum atomic E-state index is 12.1. The number of aryl methyl sites for hydroxylation is 1. The second kappa shape index (κ2) is 9.08. The minimum Gasteiger partial charge on any atom is -0.493 e. The van der Waals surface area contributed by atoms with Gasteiger partial charge in [0.05, 0.1) is 23.7 Å². The Morgan fingerprint density at radius 2 is 1.92 bits per heavy atom. The lowest BCUT2D eigenvalue weighted by Crippen LogP contribution is -2.30. The topological polar surface area (TPSA) is 64.6 Å². The summed E-state index contributed by atoms with van der Waals surface area (Å²) in [6.45, 7) is 3.65. The summed E-state index contributed by atoms with van der Waals surface area (Å²) in [6, 6.07) is 14.4. The molecule has 0 radical (unpaired) electrons. The predicted molar refractivity (Wildman–Crippen MR) is 96.9 cm³/mol. The van der Waals surface area contributed by atoms with E-state index in [0.29, 0.717) is 16.5 Å². The molecule has 0 aromatic heterocycles. The summed E-state index contributed by atoms with van der Waals surface area (Å²) in [5.41, 5.74) is 1.55. The molecule has 0 bridgehead atoms. The molecule has 0 fully saturated rings. The Kier molecular flexibility index (Phi) is 6.83. The Bertz CT molecular complexity index is 748. The van der Waals surface area contributed by atoms with Crippen molar-refractivity contribution in [2.75, 3.05) is 11.9 Å². The Morgan fingerprint density at radius 1 is 1.16 bits per heavy atom. The Morgan fingerprint density at radius 3 is 2.64 bits per heavy atom. The van der Waals surface area contributed by atoms with E-state index in [1.165, 1.54) is 6.92 Å². The van der Waals surface area contributed by atoms with Gasteiger partial charge in [-0.15, -0.1) is 0 Å². The number of para-hydroxylation sites is 1. The van der Waals surface area contributed by atoms with Crippen LogP contribution in [0, 0.1) is 6.92 Å². The van der Waals surface area contributed by atoms with Crippen molar-refractivity contribution in [3.05, 3.63) is 59.1 Å². The average molecular weight is 362 g/mol. The summed E-state index contributed by atoms with van der Waals surface area (Å²) in [4.78, 5) is 23.9. The van der Waals surface area contributed by atoms with Gasteiger partial charge < -0.3 is 14.8 Å². The molecule has 0 aliphatic carbocycles. The van der Waals surface area contributed by atoms with Gasteiger partial charge >= 0.3 is 5.97 Å². The third-order valence-corrected chi connectivity index (χ3v) is 3.70. The van der Waals surface area contributed by atoms with Crippen molar-refractivity contribution in [3.63, 3.8) is 0 Å². The Balaban J connectivity index is 1.75. The van der Waals surface area contributed by atoms with Gasteiger partial charge in [0.25, 0.3) is 5.91 Å². The molecule has 0 heterocycles. The molecule has 1 atom stereocenters. The van der Waals surface area contributed by atoms with Crippen molar-refractivity contribution >= 4 is 29.2 Å². The highest BCUT2D eigenvalue weighted by Crippen LogP contribution is 2.20. The third kappa shape index (κ3) is 6.12. The van der Waals surface area contributed by atoms with Crippen LogP contribution < -0.4 is 10.1 Å². The van der Waals surface area contributed by atoms with E-state index in [2.05, 4.69) is 5.32 Å².